The van der Waals surface area contributed by atoms with Crippen molar-refractivity contribution < 1.29 is 24.2 Å². The van der Waals surface area contributed by atoms with E-state index in [-0.39, 0.29) is 31.0 Å². The summed E-state index contributed by atoms with van der Waals surface area (Å²) in [5, 5.41) is 17.2. The first-order valence-corrected chi connectivity index (χ1v) is 14.1. The Kier molecular flexibility index (Phi) is 10.0. The van der Waals surface area contributed by atoms with Crippen molar-refractivity contribution in [3.63, 3.8) is 0 Å². The highest BCUT2D eigenvalue weighted by molar-refractivity contribution is 7.99. The first-order chi connectivity index (χ1) is 19.4. The minimum Gasteiger partial charge on any atom is -0.497 e. The molecule has 0 fully saturated rings. The molecule has 0 unspecified atom stereocenters. The molecule has 4 amide bonds. The van der Waals surface area contributed by atoms with Gasteiger partial charge in [-0.2, -0.15) is 0 Å². The molecule has 9 nitrogen and oxygen atoms in total. The van der Waals surface area contributed by atoms with Crippen LogP contribution in [-0.4, -0.2) is 55.0 Å². The average Bonchev–Trinajstić information content (AvgIpc) is 3.11. The van der Waals surface area contributed by atoms with Crippen molar-refractivity contribution in [2.24, 2.45) is 0 Å². The van der Waals surface area contributed by atoms with Gasteiger partial charge in [-0.15, -0.1) is 11.8 Å². The van der Waals surface area contributed by atoms with Gasteiger partial charge in [-0.05, 0) is 40.5 Å². The Hall–Kier alpha value is -4.02. The maximum absolute atomic E-state index is 13.7. The zero-order valence-corrected chi connectivity index (χ0v) is 23.4. The molecule has 0 spiro atoms. The summed E-state index contributed by atoms with van der Waals surface area (Å²) < 4.78 is 5.40. The van der Waals surface area contributed by atoms with Crippen molar-refractivity contribution in [1.82, 2.24) is 16.0 Å². The van der Waals surface area contributed by atoms with Crippen LogP contribution in [0.3, 0.4) is 0 Å². The van der Waals surface area contributed by atoms with Crippen LogP contribution in [0.4, 0.5) is 10.5 Å². The number of methoxy groups -OCH3 is 1. The molecular formula is C30H34N4O5S. The Morgan fingerprint density at radius 3 is 2.58 bits per heavy atom. The zero-order valence-electron chi connectivity index (χ0n) is 22.6. The van der Waals surface area contributed by atoms with Crippen molar-refractivity contribution in [1.29, 1.82) is 0 Å². The molecule has 40 heavy (non-hydrogen) atoms. The second kappa shape index (κ2) is 13.9. The van der Waals surface area contributed by atoms with Gasteiger partial charge in [0.1, 0.15) is 11.8 Å². The number of aliphatic hydroxyl groups is 1. The molecule has 1 heterocycles. The molecule has 210 valence electrons. The van der Waals surface area contributed by atoms with Gasteiger partial charge in [-0.1, -0.05) is 55.5 Å². The van der Waals surface area contributed by atoms with Crippen molar-refractivity contribution in [3.8, 4) is 16.9 Å². The third kappa shape index (κ3) is 7.13. The van der Waals surface area contributed by atoms with Gasteiger partial charge in [-0.25, -0.2) is 4.79 Å². The SMILES string of the molecule is CCC(=O)N[C@@H]1CSc2cc(OC)ccc2N(Cc2ccc(-c3ccccc3CNC(=O)NCCO)cc2)C1=O. The van der Waals surface area contributed by atoms with Crippen LogP contribution in [0.15, 0.2) is 71.6 Å². The first-order valence-electron chi connectivity index (χ1n) is 13.1. The maximum atomic E-state index is 13.7. The normalized spacial score (nSPS) is 14.6. The van der Waals surface area contributed by atoms with Crippen LogP contribution in [0.1, 0.15) is 24.5 Å². The van der Waals surface area contributed by atoms with Crippen molar-refractivity contribution in [3.05, 3.63) is 77.9 Å². The van der Waals surface area contributed by atoms with Gasteiger partial charge in [0.2, 0.25) is 5.91 Å². The highest BCUT2D eigenvalue weighted by Gasteiger charge is 2.32. The number of thioether (sulfide) groups is 1. The lowest BCUT2D eigenvalue weighted by atomic mass is 9.98. The molecule has 4 rings (SSSR count). The van der Waals surface area contributed by atoms with Crippen molar-refractivity contribution in [2.75, 3.05) is 30.9 Å². The van der Waals surface area contributed by atoms with Gasteiger partial charge in [0.25, 0.3) is 5.91 Å². The van der Waals surface area contributed by atoms with Crippen LogP contribution in [0.2, 0.25) is 0 Å². The van der Waals surface area contributed by atoms with Crippen LogP contribution >= 0.6 is 11.8 Å². The average molecular weight is 563 g/mol. The fourth-order valence-corrected chi connectivity index (χ4v) is 5.51. The standard InChI is InChI=1S/C30H34N4O5S/c1-3-28(36)33-25-19-40-27-16-23(39-2)12-13-26(27)34(29(25)37)18-20-8-10-21(11-9-20)24-7-5-4-6-22(24)17-32-30(38)31-14-15-35/h4-13,16,25,35H,3,14-15,17-19H2,1-2H3,(H,33,36)(H2,31,32,38)/t25-/m1/s1. The van der Waals surface area contributed by atoms with Gasteiger partial charge in [0.15, 0.2) is 0 Å². The van der Waals surface area contributed by atoms with E-state index in [1.165, 1.54) is 11.8 Å². The molecule has 0 saturated carbocycles. The smallest absolute Gasteiger partial charge is 0.315 e. The molecule has 10 heteroatoms. The number of urea groups is 1. The lowest BCUT2D eigenvalue weighted by Gasteiger charge is -2.26. The summed E-state index contributed by atoms with van der Waals surface area (Å²) >= 11 is 1.53. The zero-order chi connectivity index (χ0) is 28.5. The summed E-state index contributed by atoms with van der Waals surface area (Å²) in [4.78, 5) is 40.4. The Morgan fingerprint density at radius 2 is 1.85 bits per heavy atom. The fourth-order valence-electron chi connectivity index (χ4n) is 4.41. The van der Waals surface area contributed by atoms with Gasteiger partial charge in [0.05, 0.1) is 25.9 Å². The third-order valence-corrected chi connectivity index (χ3v) is 7.68. The minimum absolute atomic E-state index is 0.119. The Balaban J connectivity index is 1.56. The van der Waals surface area contributed by atoms with Crippen molar-refractivity contribution >= 4 is 35.3 Å². The molecule has 1 aliphatic heterocycles. The van der Waals surface area contributed by atoms with E-state index in [0.29, 0.717) is 31.0 Å². The molecule has 4 N–H and O–H groups in total. The molecule has 0 aromatic heterocycles. The quantitative estimate of drug-likeness (QED) is 0.299. The number of hydrogen-bond donors (Lipinski definition) is 4. The molecule has 3 aromatic carbocycles. The number of aliphatic hydroxyl groups excluding tert-OH is 1. The Labute approximate surface area is 238 Å². The van der Waals surface area contributed by atoms with E-state index in [4.69, 9.17) is 9.84 Å². The molecule has 3 aromatic rings. The second-order valence-corrected chi connectivity index (χ2v) is 10.3. The van der Waals surface area contributed by atoms with E-state index in [1.807, 2.05) is 66.7 Å². The van der Waals surface area contributed by atoms with Crippen LogP contribution in [-0.2, 0) is 22.7 Å². The molecule has 0 saturated heterocycles. The largest absolute Gasteiger partial charge is 0.497 e. The number of nitrogens with zero attached hydrogens (tertiary/aromatic N) is 1. The number of anilines is 1. The third-order valence-electron chi connectivity index (χ3n) is 6.54. The highest BCUT2D eigenvalue weighted by atomic mass is 32.2. The summed E-state index contributed by atoms with van der Waals surface area (Å²) in [6.07, 6.45) is 0.307. The van der Waals surface area contributed by atoms with Gasteiger partial charge in [0, 0.05) is 30.2 Å². The number of carbonyl (C=O) groups is 3. The number of benzene rings is 3. The number of hydrogen-bond acceptors (Lipinski definition) is 6. The van der Waals surface area contributed by atoms with E-state index in [2.05, 4.69) is 16.0 Å². The lowest BCUT2D eigenvalue weighted by molar-refractivity contribution is -0.127. The van der Waals surface area contributed by atoms with Crippen LogP contribution in [0.5, 0.6) is 5.75 Å². The predicted molar refractivity (Wildman–Crippen MR) is 156 cm³/mol. The first kappa shape index (κ1) is 29.0. The number of carbonyl (C=O) groups excluding carboxylic acids is 3. The van der Waals surface area contributed by atoms with Gasteiger partial charge in [-0.3, -0.25) is 9.59 Å². The maximum Gasteiger partial charge on any atom is 0.315 e. The van der Waals surface area contributed by atoms with E-state index in [9.17, 15) is 14.4 Å². The summed E-state index contributed by atoms with van der Waals surface area (Å²) in [5.74, 6) is 0.824. The lowest BCUT2D eigenvalue weighted by Crippen LogP contribution is -2.49. The van der Waals surface area contributed by atoms with Crippen LogP contribution < -0.4 is 25.6 Å². The molecule has 0 aliphatic carbocycles. The van der Waals surface area contributed by atoms with E-state index in [0.717, 1.165) is 32.8 Å². The number of rotatable bonds is 10. The van der Waals surface area contributed by atoms with E-state index >= 15 is 0 Å². The fraction of sp³-hybridized carbons (Fsp3) is 0.300. The van der Waals surface area contributed by atoms with E-state index < -0.39 is 6.04 Å². The summed E-state index contributed by atoms with van der Waals surface area (Å²) in [7, 11) is 1.61. The molecule has 1 aliphatic rings. The number of ether oxygens (including phenoxy) is 1. The molecule has 0 radical (unpaired) electrons. The summed E-state index contributed by atoms with van der Waals surface area (Å²) in [6, 6.07) is 20.5. The van der Waals surface area contributed by atoms with Gasteiger partial charge >= 0.3 is 6.03 Å². The number of amides is 4. The highest BCUT2D eigenvalue weighted by Crippen LogP contribution is 2.38. The van der Waals surface area contributed by atoms with Crippen LogP contribution in [0, 0.1) is 0 Å². The minimum atomic E-state index is -0.635. The molecule has 0 bridgehead atoms. The number of nitrogens with one attached hydrogen (secondary N) is 3. The topological polar surface area (TPSA) is 120 Å². The predicted octanol–water partition coefficient (Wildman–Crippen LogP) is 3.69. The Bertz CT molecular complexity index is 1350. The van der Waals surface area contributed by atoms with Crippen molar-refractivity contribution in [2.45, 2.75) is 37.4 Å². The van der Waals surface area contributed by atoms with Crippen LogP contribution in [0.25, 0.3) is 11.1 Å². The monoisotopic (exact) mass is 562 g/mol. The second-order valence-electron chi connectivity index (χ2n) is 9.23. The van der Waals surface area contributed by atoms with Gasteiger partial charge < -0.3 is 30.7 Å². The molecule has 1 atom stereocenters. The summed E-state index contributed by atoms with van der Waals surface area (Å²) in [5.41, 5.74) is 4.63. The van der Waals surface area contributed by atoms with E-state index in [1.54, 1.807) is 18.9 Å². The number of fused-ring (bicyclic) bond motifs is 1. The summed E-state index contributed by atoms with van der Waals surface area (Å²) in [6.45, 7) is 2.51. The Morgan fingerprint density at radius 1 is 1.07 bits per heavy atom. The molecular weight excluding hydrogens is 528 g/mol.